The van der Waals surface area contributed by atoms with Crippen molar-refractivity contribution in [2.75, 3.05) is 0 Å². The molecule has 0 aromatic heterocycles. The highest BCUT2D eigenvalue weighted by molar-refractivity contribution is 7.92. The molecule has 1 aliphatic carbocycles. The average molecular weight is 365 g/mol. The summed E-state index contributed by atoms with van der Waals surface area (Å²) in [6, 6.07) is 13.3. The Morgan fingerprint density at radius 1 is 1.08 bits per heavy atom. The highest BCUT2D eigenvalue weighted by Gasteiger charge is 2.63. The van der Waals surface area contributed by atoms with Crippen molar-refractivity contribution in [3.63, 3.8) is 0 Å². The van der Waals surface area contributed by atoms with Gasteiger partial charge in [0.15, 0.2) is 9.84 Å². The van der Waals surface area contributed by atoms with Gasteiger partial charge < -0.3 is 5.11 Å². The van der Waals surface area contributed by atoms with Crippen molar-refractivity contribution in [1.29, 1.82) is 0 Å². The monoisotopic (exact) mass is 364 g/mol. The maximum absolute atomic E-state index is 12.8. The second kappa shape index (κ2) is 6.22. The number of sulfone groups is 1. The van der Waals surface area contributed by atoms with Gasteiger partial charge in [-0.3, -0.25) is 4.79 Å². The predicted molar refractivity (Wildman–Crippen MR) is 92.1 cm³/mol. The van der Waals surface area contributed by atoms with Crippen molar-refractivity contribution in [2.24, 2.45) is 5.92 Å². The van der Waals surface area contributed by atoms with Gasteiger partial charge in [-0.15, -0.1) is 0 Å². The highest BCUT2D eigenvalue weighted by Crippen LogP contribution is 2.54. The number of benzene rings is 2. The molecule has 1 fully saturated rings. The molecule has 1 N–H and O–H groups in total. The SMILES string of the molecule is CCc1ccc([C@H]2[C@@H](C(=O)O)[C@@H]2S(=O)(=O)c2ccc(Cl)cc2)cc1. The summed E-state index contributed by atoms with van der Waals surface area (Å²) in [7, 11) is -3.73. The van der Waals surface area contributed by atoms with E-state index in [1.807, 2.05) is 31.2 Å². The molecule has 0 saturated heterocycles. The van der Waals surface area contributed by atoms with Crippen molar-refractivity contribution >= 4 is 27.4 Å². The van der Waals surface area contributed by atoms with Crippen LogP contribution in [-0.4, -0.2) is 24.7 Å². The maximum atomic E-state index is 12.8. The van der Waals surface area contributed by atoms with Crippen molar-refractivity contribution in [2.45, 2.75) is 29.4 Å². The minimum Gasteiger partial charge on any atom is -0.481 e. The zero-order valence-electron chi connectivity index (χ0n) is 13.0. The zero-order chi connectivity index (χ0) is 17.5. The highest BCUT2D eigenvalue weighted by atomic mass is 35.5. The molecule has 6 heteroatoms. The molecule has 0 amide bonds. The summed E-state index contributed by atoms with van der Waals surface area (Å²) in [6.07, 6.45) is 0.875. The lowest BCUT2D eigenvalue weighted by atomic mass is 10.1. The summed E-state index contributed by atoms with van der Waals surface area (Å²) in [5.41, 5.74) is 1.88. The van der Waals surface area contributed by atoms with Crippen LogP contribution in [0, 0.1) is 5.92 Å². The van der Waals surface area contributed by atoms with Crippen molar-refractivity contribution in [3.8, 4) is 0 Å². The molecule has 3 atom stereocenters. The van der Waals surface area contributed by atoms with Crippen LogP contribution in [0.25, 0.3) is 0 Å². The third kappa shape index (κ3) is 2.94. The number of halogens is 1. The minimum atomic E-state index is -3.73. The molecule has 0 spiro atoms. The van der Waals surface area contributed by atoms with Gasteiger partial charge in [0, 0.05) is 10.9 Å². The van der Waals surface area contributed by atoms with Gasteiger partial charge in [0.05, 0.1) is 16.1 Å². The lowest BCUT2D eigenvalue weighted by Gasteiger charge is -2.05. The second-order valence-corrected chi connectivity index (χ2v) is 8.49. The number of hydrogen-bond donors (Lipinski definition) is 1. The van der Waals surface area contributed by atoms with E-state index < -0.39 is 32.9 Å². The summed E-state index contributed by atoms with van der Waals surface area (Å²) >= 11 is 5.80. The van der Waals surface area contributed by atoms with Gasteiger partial charge in [-0.1, -0.05) is 42.8 Å². The van der Waals surface area contributed by atoms with Crippen LogP contribution in [0.2, 0.25) is 5.02 Å². The largest absolute Gasteiger partial charge is 0.481 e. The molecule has 0 radical (unpaired) electrons. The molecule has 0 bridgehead atoms. The number of hydrogen-bond acceptors (Lipinski definition) is 3. The molecule has 126 valence electrons. The Labute approximate surface area is 146 Å². The first kappa shape index (κ1) is 17.0. The van der Waals surface area contributed by atoms with Crippen LogP contribution in [0.4, 0.5) is 0 Å². The molecule has 2 aromatic rings. The molecule has 24 heavy (non-hydrogen) atoms. The minimum absolute atomic E-state index is 0.107. The normalized spacial score (nSPS) is 23.0. The van der Waals surface area contributed by atoms with Crippen LogP contribution in [0.5, 0.6) is 0 Å². The molecule has 1 aliphatic rings. The van der Waals surface area contributed by atoms with Crippen LogP contribution < -0.4 is 0 Å². The van der Waals surface area contributed by atoms with Gasteiger partial charge in [-0.25, -0.2) is 8.42 Å². The first-order chi connectivity index (χ1) is 11.4. The maximum Gasteiger partial charge on any atom is 0.308 e. The molecular formula is C18H17ClO4S. The van der Waals surface area contributed by atoms with Crippen molar-refractivity contribution in [1.82, 2.24) is 0 Å². The molecule has 0 aliphatic heterocycles. The Bertz CT molecular complexity index is 857. The summed E-state index contributed by atoms with van der Waals surface area (Å²) < 4.78 is 25.6. The van der Waals surface area contributed by atoms with Gasteiger partial charge in [0.1, 0.15) is 0 Å². The van der Waals surface area contributed by atoms with E-state index in [-0.39, 0.29) is 4.90 Å². The van der Waals surface area contributed by atoms with Crippen LogP contribution in [0.15, 0.2) is 53.4 Å². The summed E-state index contributed by atoms with van der Waals surface area (Å²) in [5.74, 6) is -2.52. The fraction of sp³-hybridized carbons (Fsp3) is 0.278. The predicted octanol–water partition coefficient (Wildman–Crippen LogP) is 3.54. The first-order valence-electron chi connectivity index (χ1n) is 7.67. The summed E-state index contributed by atoms with van der Waals surface area (Å²) in [4.78, 5) is 11.6. The molecule has 3 rings (SSSR count). The van der Waals surface area contributed by atoms with Gasteiger partial charge in [-0.05, 0) is 41.8 Å². The van der Waals surface area contributed by atoms with Gasteiger partial charge in [0.25, 0.3) is 0 Å². The van der Waals surface area contributed by atoms with Crippen molar-refractivity contribution < 1.29 is 18.3 Å². The Morgan fingerprint density at radius 3 is 2.17 bits per heavy atom. The quantitative estimate of drug-likeness (QED) is 0.880. The fourth-order valence-corrected chi connectivity index (χ4v) is 5.37. The summed E-state index contributed by atoms with van der Waals surface area (Å²) in [6.45, 7) is 2.03. The third-order valence-corrected chi connectivity index (χ3v) is 7.00. The van der Waals surface area contributed by atoms with Gasteiger partial charge >= 0.3 is 5.97 Å². The molecule has 0 heterocycles. The van der Waals surface area contributed by atoms with E-state index in [4.69, 9.17) is 11.6 Å². The molecule has 0 unspecified atom stereocenters. The second-order valence-electron chi connectivity index (χ2n) is 5.95. The molecule has 4 nitrogen and oxygen atoms in total. The van der Waals surface area contributed by atoms with Gasteiger partial charge in [-0.2, -0.15) is 0 Å². The van der Waals surface area contributed by atoms with E-state index in [1.165, 1.54) is 24.3 Å². The van der Waals surface area contributed by atoms with Crippen molar-refractivity contribution in [3.05, 3.63) is 64.7 Å². The van der Waals surface area contributed by atoms with E-state index in [0.29, 0.717) is 5.02 Å². The topological polar surface area (TPSA) is 71.4 Å². The third-order valence-electron chi connectivity index (χ3n) is 4.51. The Balaban J connectivity index is 1.96. The number of carbonyl (C=O) groups is 1. The fourth-order valence-electron chi connectivity index (χ4n) is 3.12. The van der Waals surface area contributed by atoms with Crippen LogP contribution in [0.3, 0.4) is 0 Å². The van der Waals surface area contributed by atoms with E-state index in [0.717, 1.165) is 17.5 Å². The van der Waals surface area contributed by atoms with E-state index >= 15 is 0 Å². The number of rotatable bonds is 5. The average Bonchev–Trinajstić information content (AvgIpc) is 3.32. The lowest BCUT2D eigenvalue weighted by Crippen LogP contribution is -2.13. The van der Waals surface area contributed by atoms with Crippen LogP contribution >= 0.6 is 11.6 Å². The zero-order valence-corrected chi connectivity index (χ0v) is 14.6. The van der Waals surface area contributed by atoms with Crippen LogP contribution in [0.1, 0.15) is 24.0 Å². The Morgan fingerprint density at radius 2 is 1.67 bits per heavy atom. The number of carboxylic acid groups (broad SMARTS) is 1. The molecule has 1 saturated carbocycles. The van der Waals surface area contributed by atoms with E-state index in [2.05, 4.69) is 0 Å². The Hall–Kier alpha value is -1.85. The van der Waals surface area contributed by atoms with E-state index in [1.54, 1.807) is 0 Å². The molecular weight excluding hydrogens is 348 g/mol. The smallest absolute Gasteiger partial charge is 0.308 e. The summed E-state index contributed by atoms with van der Waals surface area (Å²) in [5, 5.41) is 8.92. The number of aryl methyl sites for hydroxylation is 1. The standard InChI is InChI=1S/C18H17ClO4S/c1-2-11-3-5-12(6-4-11)15-16(18(20)21)17(15)24(22,23)14-9-7-13(19)8-10-14/h3-10,15-17H,2H2,1H3,(H,20,21)/t15-,16+,17+/m0/s1. The first-order valence-corrected chi connectivity index (χ1v) is 9.59. The number of aliphatic carboxylic acids is 1. The number of carboxylic acids is 1. The lowest BCUT2D eigenvalue weighted by molar-refractivity contribution is -0.138. The van der Waals surface area contributed by atoms with E-state index in [9.17, 15) is 18.3 Å². The van der Waals surface area contributed by atoms with Gasteiger partial charge in [0.2, 0.25) is 0 Å². The van der Waals surface area contributed by atoms with Crippen LogP contribution in [-0.2, 0) is 21.1 Å². The Kier molecular flexibility index (Phi) is 4.40. The molecule has 2 aromatic carbocycles.